The Hall–Kier alpha value is -0.180. The van der Waals surface area contributed by atoms with Gasteiger partial charge in [-0.15, -0.1) is 0 Å². The molecule has 0 saturated heterocycles. The fraction of sp³-hybridized carbons (Fsp3) is 0.923. The van der Waals surface area contributed by atoms with E-state index in [-0.39, 0.29) is 0 Å². The van der Waals surface area contributed by atoms with Gasteiger partial charge < -0.3 is 5.11 Å². The fourth-order valence-electron chi connectivity index (χ4n) is 1.28. The lowest BCUT2D eigenvalue weighted by atomic mass is 9.88. The topological polar surface area (TPSA) is 37.3 Å². The molecule has 0 rings (SSSR count). The van der Waals surface area contributed by atoms with E-state index in [1.54, 1.807) is 0 Å². The normalized spacial score (nSPS) is 13.8. The minimum Gasteiger partial charge on any atom is -0.481 e. The van der Waals surface area contributed by atoms with Gasteiger partial charge in [0.15, 0.2) is 0 Å². The number of aliphatic carboxylic acids is 1. The van der Waals surface area contributed by atoms with Gasteiger partial charge in [0.1, 0.15) is 0 Å². The maximum Gasteiger partial charge on any atom is 0.309 e. The van der Waals surface area contributed by atoms with E-state index in [0.717, 1.165) is 25.2 Å². The average molecular weight is 246 g/mol. The first-order valence-electron chi connectivity index (χ1n) is 6.21. The van der Waals surface area contributed by atoms with Crippen molar-refractivity contribution in [3.63, 3.8) is 0 Å². The second-order valence-electron chi connectivity index (χ2n) is 5.23. The van der Waals surface area contributed by atoms with Gasteiger partial charge in [-0.3, -0.25) is 4.79 Å². The van der Waals surface area contributed by atoms with E-state index in [4.69, 9.17) is 5.11 Å². The molecule has 0 spiro atoms. The molecule has 0 aliphatic carbocycles. The Bertz CT molecular complexity index is 202. The van der Waals surface area contributed by atoms with Gasteiger partial charge in [0.2, 0.25) is 0 Å². The van der Waals surface area contributed by atoms with E-state index < -0.39 is 11.4 Å². The van der Waals surface area contributed by atoms with Gasteiger partial charge in [-0.25, -0.2) is 0 Å². The van der Waals surface area contributed by atoms with E-state index in [2.05, 4.69) is 13.8 Å². The Kier molecular flexibility index (Phi) is 7.90. The van der Waals surface area contributed by atoms with Crippen molar-refractivity contribution in [2.24, 2.45) is 11.3 Å². The number of carboxylic acid groups (broad SMARTS) is 1. The Labute approximate surface area is 104 Å². The number of thioether (sulfide) groups is 1. The van der Waals surface area contributed by atoms with Gasteiger partial charge in [-0.2, -0.15) is 11.8 Å². The highest BCUT2D eigenvalue weighted by molar-refractivity contribution is 7.99. The minimum absolute atomic E-state index is 0.554. The monoisotopic (exact) mass is 246 g/mol. The van der Waals surface area contributed by atoms with Crippen LogP contribution in [0.25, 0.3) is 0 Å². The molecule has 0 aromatic carbocycles. The smallest absolute Gasteiger partial charge is 0.309 e. The number of unbranched alkanes of at least 4 members (excludes halogenated alkanes) is 1. The largest absolute Gasteiger partial charge is 0.481 e. The highest BCUT2D eigenvalue weighted by Gasteiger charge is 2.25. The molecule has 1 N–H and O–H groups in total. The van der Waals surface area contributed by atoms with Crippen LogP contribution in [-0.2, 0) is 4.79 Å². The van der Waals surface area contributed by atoms with Crippen LogP contribution in [0.5, 0.6) is 0 Å². The van der Waals surface area contributed by atoms with Crippen LogP contribution in [-0.4, -0.2) is 22.6 Å². The molecule has 0 bridgehead atoms. The van der Waals surface area contributed by atoms with Crippen LogP contribution in [0.2, 0.25) is 0 Å². The van der Waals surface area contributed by atoms with Crippen molar-refractivity contribution in [2.75, 3.05) is 11.5 Å². The summed E-state index contributed by atoms with van der Waals surface area (Å²) in [6.07, 6.45) is 4.19. The van der Waals surface area contributed by atoms with Gasteiger partial charge >= 0.3 is 5.97 Å². The van der Waals surface area contributed by atoms with Crippen LogP contribution in [0.1, 0.15) is 53.4 Å². The zero-order chi connectivity index (χ0) is 12.6. The summed E-state index contributed by atoms with van der Waals surface area (Å²) in [5, 5.41) is 8.94. The lowest BCUT2D eigenvalue weighted by Crippen LogP contribution is -2.23. The third-order valence-electron chi connectivity index (χ3n) is 3.02. The van der Waals surface area contributed by atoms with Crippen LogP contribution in [0.15, 0.2) is 0 Å². The molecular weight excluding hydrogens is 220 g/mol. The molecule has 0 saturated carbocycles. The number of rotatable bonds is 9. The van der Waals surface area contributed by atoms with Crippen LogP contribution in [0.4, 0.5) is 0 Å². The molecule has 3 heteroatoms. The van der Waals surface area contributed by atoms with Crippen molar-refractivity contribution in [3.8, 4) is 0 Å². The quantitative estimate of drug-likeness (QED) is 0.624. The van der Waals surface area contributed by atoms with Crippen molar-refractivity contribution in [3.05, 3.63) is 0 Å². The van der Waals surface area contributed by atoms with E-state index in [9.17, 15) is 4.79 Å². The van der Waals surface area contributed by atoms with E-state index in [1.807, 2.05) is 25.6 Å². The zero-order valence-corrected chi connectivity index (χ0v) is 11.9. The van der Waals surface area contributed by atoms with Gasteiger partial charge in [0, 0.05) is 0 Å². The van der Waals surface area contributed by atoms with E-state index >= 15 is 0 Å². The molecule has 0 aliphatic heterocycles. The highest BCUT2D eigenvalue weighted by Crippen LogP contribution is 2.24. The van der Waals surface area contributed by atoms with E-state index in [0.29, 0.717) is 0 Å². The Balaban J connectivity index is 3.44. The third-order valence-corrected chi connectivity index (χ3v) is 4.40. The summed E-state index contributed by atoms with van der Waals surface area (Å²) in [4.78, 5) is 10.9. The van der Waals surface area contributed by atoms with Crippen molar-refractivity contribution in [2.45, 2.75) is 53.4 Å². The molecule has 0 aromatic heterocycles. The molecule has 0 aromatic rings. The maximum absolute atomic E-state index is 10.9. The number of hydrogen-bond acceptors (Lipinski definition) is 2. The van der Waals surface area contributed by atoms with Gasteiger partial charge in [0.25, 0.3) is 0 Å². The van der Waals surface area contributed by atoms with Gasteiger partial charge in [0.05, 0.1) is 5.41 Å². The summed E-state index contributed by atoms with van der Waals surface area (Å²) in [5.41, 5.74) is -0.554. The maximum atomic E-state index is 10.9. The Morgan fingerprint density at radius 1 is 1.38 bits per heavy atom. The van der Waals surface area contributed by atoms with Gasteiger partial charge in [-0.1, -0.05) is 26.7 Å². The fourth-order valence-corrected chi connectivity index (χ4v) is 2.49. The lowest BCUT2D eigenvalue weighted by molar-refractivity contribution is -0.147. The van der Waals surface area contributed by atoms with E-state index in [1.165, 1.54) is 17.9 Å². The number of hydrogen-bond donors (Lipinski definition) is 1. The molecule has 96 valence electrons. The molecule has 0 radical (unpaired) electrons. The first-order chi connectivity index (χ1) is 7.40. The molecule has 0 fully saturated rings. The van der Waals surface area contributed by atoms with Crippen molar-refractivity contribution in [1.29, 1.82) is 0 Å². The number of carbonyl (C=O) groups is 1. The molecule has 1 unspecified atom stereocenters. The first-order valence-corrected chi connectivity index (χ1v) is 7.36. The average Bonchev–Trinajstić information content (AvgIpc) is 2.22. The summed E-state index contributed by atoms with van der Waals surface area (Å²) in [6.45, 7) is 8.12. The van der Waals surface area contributed by atoms with Crippen molar-refractivity contribution < 1.29 is 9.90 Å². The lowest BCUT2D eigenvalue weighted by Gasteiger charge is -2.18. The van der Waals surface area contributed by atoms with Crippen LogP contribution < -0.4 is 0 Å². The zero-order valence-electron chi connectivity index (χ0n) is 11.1. The summed E-state index contributed by atoms with van der Waals surface area (Å²) in [7, 11) is 0. The molecular formula is C13H26O2S. The molecule has 0 amide bonds. The Morgan fingerprint density at radius 2 is 2.00 bits per heavy atom. The molecule has 2 nitrogen and oxygen atoms in total. The predicted molar refractivity (Wildman–Crippen MR) is 72.0 cm³/mol. The van der Waals surface area contributed by atoms with Crippen molar-refractivity contribution in [1.82, 2.24) is 0 Å². The summed E-state index contributed by atoms with van der Waals surface area (Å²) in [5.74, 6) is 2.53. The summed E-state index contributed by atoms with van der Waals surface area (Å²) in [6, 6.07) is 0. The molecule has 16 heavy (non-hydrogen) atoms. The minimum atomic E-state index is -0.681. The third kappa shape index (κ3) is 7.15. The van der Waals surface area contributed by atoms with Crippen LogP contribution in [0.3, 0.4) is 0 Å². The highest BCUT2D eigenvalue weighted by atomic mass is 32.2. The molecule has 0 aliphatic rings. The van der Waals surface area contributed by atoms with Gasteiger partial charge in [-0.05, 0) is 44.1 Å². The second-order valence-corrected chi connectivity index (χ2v) is 6.38. The summed E-state index contributed by atoms with van der Waals surface area (Å²) >= 11 is 2.00. The first kappa shape index (κ1) is 15.8. The molecule has 0 heterocycles. The second kappa shape index (κ2) is 7.99. The van der Waals surface area contributed by atoms with Crippen molar-refractivity contribution >= 4 is 17.7 Å². The van der Waals surface area contributed by atoms with Crippen LogP contribution >= 0.6 is 11.8 Å². The standard InChI is InChI=1S/C13H26O2S/c1-5-11(2)10-16-9-7-6-8-13(3,4)12(14)15/h11H,5-10H2,1-4H3,(H,14,15). The summed E-state index contributed by atoms with van der Waals surface area (Å²) < 4.78 is 0. The molecule has 1 atom stereocenters. The number of carboxylic acids is 1. The SMILES string of the molecule is CCC(C)CSCCCCC(C)(C)C(=O)O. The predicted octanol–water partition coefficient (Wildman–Crippen LogP) is 4.05. The Morgan fingerprint density at radius 3 is 2.50 bits per heavy atom. The van der Waals surface area contributed by atoms with Crippen LogP contribution in [0, 0.1) is 11.3 Å².